The Morgan fingerprint density at radius 2 is 1.71 bits per heavy atom. The summed E-state index contributed by atoms with van der Waals surface area (Å²) in [5.74, 6) is 1.73. The first-order valence-corrected chi connectivity index (χ1v) is 7.03. The summed E-state index contributed by atoms with van der Waals surface area (Å²) in [5, 5.41) is 0. The first-order valence-electron chi connectivity index (χ1n) is 7.03. The summed E-state index contributed by atoms with van der Waals surface area (Å²) in [6, 6.07) is 11.7. The minimum Gasteiger partial charge on any atom is -0.497 e. The molecule has 0 saturated carbocycles. The third-order valence-corrected chi connectivity index (χ3v) is 4.03. The van der Waals surface area contributed by atoms with Crippen molar-refractivity contribution in [3.05, 3.63) is 47.5 Å². The number of fused-ring (bicyclic) bond motifs is 1. The van der Waals surface area contributed by atoms with Gasteiger partial charge >= 0.3 is 0 Å². The first-order chi connectivity index (χ1) is 10.1. The van der Waals surface area contributed by atoms with Crippen molar-refractivity contribution >= 4 is 5.78 Å². The molecule has 0 bridgehead atoms. The summed E-state index contributed by atoms with van der Waals surface area (Å²) in [6.07, 6.45) is 0.823. The fourth-order valence-electron chi connectivity index (χ4n) is 2.93. The molecule has 2 aromatic rings. The van der Waals surface area contributed by atoms with Crippen LogP contribution < -0.4 is 9.47 Å². The molecule has 0 heterocycles. The fraction of sp³-hybridized carbons (Fsp3) is 0.278. The van der Waals surface area contributed by atoms with Gasteiger partial charge in [-0.05, 0) is 35.2 Å². The van der Waals surface area contributed by atoms with Crippen molar-refractivity contribution in [3.63, 3.8) is 0 Å². The normalized spacial score (nSPS) is 16.7. The van der Waals surface area contributed by atoms with Crippen molar-refractivity contribution < 1.29 is 14.3 Å². The van der Waals surface area contributed by atoms with Crippen LogP contribution in [0.4, 0.5) is 0 Å². The highest BCUT2D eigenvalue weighted by molar-refractivity contribution is 6.07. The number of ketones is 1. The molecule has 1 atom stereocenters. The summed E-state index contributed by atoms with van der Waals surface area (Å²) in [5.41, 5.74) is 3.89. The molecule has 21 heavy (non-hydrogen) atoms. The second kappa shape index (κ2) is 5.24. The van der Waals surface area contributed by atoms with Crippen LogP contribution in [-0.2, 0) is 6.42 Å². The standard InChI is InChI=1S/C18H18O3/c1-11-7-12-5-4-6-16(17(12)18(11)19)13-8-14(20-2)10-15(9-13)21-3/h4-6,8-11H,7H2,1-3H3. The van der Waals surface area contributed by atoms with Gasteiger partial charge in [0.25, 0.3) is 0 Å². The Morgan fingerprint density at radius 1 is 1.05 bits per heavy atom. The highest BCUT2D eigenvalue weighted by atomic mass is 16.5. The van der Waals surface area contributed by atoms with E-state index in [-0.39, 0.29) is 11.7 Å². The molecule has 1 aliphatic carbocycles. The lowest BCUT2D eigenvalue weighted by Crippen LogP contribution is -2.04. The molecule has 0 saturated heterocycles. The van der Waals surface area contributed by atoms with Gasteiger partial charge in [0.05, 0.1) is 14.2 Å². The zero-order valence-corrected chi connectivity index (χ0v) is 12.5. The van der Waals surface area contributed by atoms with E-state index in [4.69, 9.17) is 9.47 Å². The van der Waals surface area contributed by atoms with Gasteiger partial charge in [-0.3, -0.25) is 4.79 Å². The van der Waals surface area contributed by atoms with Gasteiger partial charge in [0, 0.05) is 17.5 Å². The molecule has 3 heteroatoms. The molecule has 0 amide bonds. The quantitative estimate of drug-likeness (QED) is 0.860. The highest BCUT2D eigenvalue weighted by Crippen LogP contribution is 2.37. The van der Waals surface area contributed by atoms with Crippen LogP contribution in [0.15, 0.2) is 36.4 Å². The number of methoxy groups -OCH3 is 2. The molecule has 3 nitrogen and oxygen atoms in total. The Kier molecular flexibility index (Phi) is 3.42. The summed E-state index contributed by atoms with van der Waals surface area (Å²) in [6.45, 7) is 1.98. The number of carbonyl (C=O) groups excluding carboxylic acids is 1. The topological polar surface area (TPSA) is 35.5 Å². The Balaban J connectivity index is 2.19. The average Bonchev–Trinajstić information content (AvgIpc) is 2.81. The highest BCUT2D eigenvalue weighted by Gasteiger charge is 2.29. The number of hydrogen-bond acceptors (Lipinski definition) is 3. The SMILES string of the molecule is COc1cc(OC)cc(-c2cccc3c2C(=O)C(C)C3)c1. The molecule has 0 aliphatic heterocycles. The van der Waals surface area contributed by atoms with Crippen LogP contribution >= 0.6 is 0 Å². The third kappa shape index (κ3) is 2.29. The number of Topliss-reactive ketones (excluding diaryl/α,β-unsaturated/α-hetero) is 1. The molecule has 1 aliphatic rings. The minimum atomic E-state index is 0.0636. The molecule has 0 aromatic heterocycles. The Hall–Kier alpha value is -2.29. The largest absolute Gasteiger partial charge is 0.497 e. The molecule has 1 unspecified atom stereocenters. The van der Waals surface area contributed by atoms with E-state index < -0.39 is 0 Å². The van der Waals surface area contributed by atoms with Crippen LogP contribution in [0.5, 0.6) is 11.5 Å². The molecule has 0 fully saturated rings. The zero-order chi connectivity index (χ0) is 15.0. The zero-order valence-electron chi connectivity index (χ0n) is 12.5. The number of hydrogen-bond donors (Lipinski definition) is 0. The Morgan fingerprint density at radius 3 is 2.33 bits per heavy atom. The van der Waals surface area contributed by atoms with E-state index in [9.17, 15) is 4.79 Å². The van der Waals surface area contributed by atoms with Crippen LogP contribution in [0.2, 0.25) is 0 Å². The predicted molar refractivity (Wildman–Crippen MR) is 82.2 cm³/mol. The summed E-state index contributed by atoms with van der Waals surface area (Å²) >= 11 is 0. The molecular formula is C18H18O3. The van der Waals surface area contributed by atoms with Crippen LogP contribution in [0.25, 0.3) is 11.1 Å². The van der Waals surface area contributed by atoms with E-state index in [0.29, 0.717) is 0 Å². The van der Waals surface area contributed by atoms with Gasteiger partial charge in [0.2, 0.25) is 0 Å². The summed E-state index contributed by atoms with van der Waals surface area (Å²) in [7, 11) is 3.25. The van der Waals surface area contributed by atoms with Crippen molar-refractivity contribution in [2.45, 2.75) is 13.3 Å². The second-order valence-corrected chi connectivity index (χ2v) is 5.41. The maximum atomic E-state index is 12.4. The molecule has 2 aromatic carbocycles. The van der Waals surface area contributed by atoms with Gasteiger partial charge in [0.15, 0.2) is 5.78 Å². The Bertz CT molecular complexity index is 681. The van der Waals surface area contributed by atoms with E-state index in [1.165, 1.54) is 0 Å². The monoisotopic (exact) mass is 282 g/mol. The molecule has 108 valence electrons. The van der Waals surface area contributed by atoms with Gasteiger partial charge in [-0.1, -0.05) is 25.1 Å². The van der Waals surface area contributed by atoms with Gasteiger partial charge < -0.3 is 9.47 Å². The lowest BCUT2D eigenvalue weighted by molar-refractivity contribution is 0.0947. The van der Waals surface area contributed by atoms with Crippen molar-refractivity contribution in [2.24, 2.45) is 5.92 Å². The number of carbonyl (C=O) groups is 1. The average molecular weight is 282 g/mol. The smallest absolute Gasteiger partial charge is 0.166 e. The van der Waals surface area contributed by atoms with E-state index in [0.717, 1.165) is 40.2 Å². The predicted octanol–water partition coefficient (Wildman–Crippen LogP) is 3.75. The molecule has 0 N–H and O–H groups in total. The second-order valence-electron chi connectivity index (χ2n) is 5.41. The Labute approximate surface area is 124 Å². The number of ether oxygens (including phenoxy) is 2. The van der Waals surface area contributed by atoms with Crippen LogP contribution in [0.1, 0.15) is 22.8 Å². The molecule has 0 radical (unpaired) electrons. The van der Waals surface area contributed by atoms with E-state index in [2.05, 4.69) is 0 Å². The van der Waals surface area contributed by atoms with E-state index in [1.807, 2.05) is 43.3 Å². The van der Waals surface area contributed by atoms with Gasteiger partial charge in [-0.15, -0.1) is 0 Å². The fourth-order valence-corrected chi connectivity index (χ4v) is 2.93. The van der Waals surface area contributed by atoms with Gasteiger partial charge in [-0.25, -0.2) is 0 Å². The van der Waals surface area contributed by atoms with Crippen molar-refractivity contribution in [1.29, 1.82) is 0 Å². The molecule has 3 rings (SSSR count). The van der Waals surface area contributed by atoms with Crippen LogP contribution in [0.3, 0.4) is 0 Å². The lowest BCUT2D eigenvalue weighted by Gasteiger charge is -2.11. The summed E-state index contributed by atoms with van der Waals surface area (Å²) < 4.78 is 10.6. The molecular weight excluding hydrogens is 264 g/mol. The van der Waals surface area contributed by atoms with Crippen LogP contribution in [-0.4, -0.2) is 20.0 Å². The third-order valence-electron chi connectivity index (χ3n) is 4.03. The number of benzene rings is 2. The maximum absolute atomic E-state index is 12.4. The van der Waals surface area contributed by atoms with E-state index in [1.54, 1.807) is 14.2 Å². The lowest BCUT2D eigenvalue weighted by atomic mass is 9.95. The minimum absolute atomic E-state index is 0.0636. The summed E-state index contributed by atoms with van der Waals surface area (Å²) in [4.78, 5) is 12.4. The van der Waals surface area contributed by atoms with Crippen molar-refractivity contribution in [1.82, 2.24) is 0 Å². The van der Waals surface area contributed by atoms with Crippen molar-refractivity contribution in [2.75, 3.05) is 14.2 Å². The first kappa shape index (κ1) is 13.7. The maximum Gasteiger partial charge on any atom is 0.166 e. The van der Waals surface area contributed by atoms with Crippen molar-refractivity contribution in [3.8, 4) is 22.6 Å². The van der Waals surface area contributed by atoms with Gasteiger partial charge in [0.1, 0.15) is 11.5 Å². The molecule has 0 spiro atoms. The van der Waals surface area contributed by atoms with Gasteiger partial charge in [-0.2, -0.15) is 0 Å². The number of rotatable bonds is 3. The van der Waals surface area contributed by atoms with Crippen LogP contribution in [0, 0.1) is 5.92 Å². The van der Waals surface area contributed by atoms with E-state index >= 15 is 0 Å².